The molecule has 0 radical (unpaired) electrons. The molecule has 6 heteroatoms. The number of amides is 1. The van der Waals surface area contributed by atoms with Gasteiger partial charge >= 0.3 is 0 Å². The molecule has 0 fully saturated rings. The van der Waals surface area contributed by atoms with Gasteiger partial charge in [0.2, 0.25) is 5.91 Å². The van der Waals surface area contributed by atoms with Crippen molar-refractivity contribution < 1.29 is 9.53 Å². The number of carbonyl (C=O) groups excluding carboxylic acids is 1. The Kier molecular flexibility index (Phi) is 5.24. The summed E-state index contributed by atoms with van der Waals surface area (Å²) >= 11 is 6.13. The third-order valence-corrected chi connectivity index (χ3v) is 3.99. The molecule has 0 aliphatic rings. The van der Waals surface area contributed by atoms with E-state index in [1.807, 2.05) is 54.8 Å². The second-order valence-corrected chi connectivity index (χ2v) is 6.45. The van der Waals surface area contributed by atoms with Gasteiger partial charge in [0, 0.05) is 6.04 Å². The molecule has 1 amide bonds. The number of ether oxygens (including phenoxy) is 1. The highest BCUT2D eigenvalue weighted by Gasteiger charge is 2.15. The molecule has 0 aliphatic carbocycles. The van der Waals surface area contributed by atoms with Gasteiger partial charge in [-0.05, 0) is 38.1 Å². The minimum Gasteiger partial charge on any atom is -0.484 e. The van der Waals surface area contributed by atoms with Crippen molar-refractivity contribution in [1.82, 2.24) is 14.9 Å². The van der Waals surface area contributed by atoms with E-state index in [1.165, 1.54) is 0 Å². The van der Waals surface area contributed by atoms with Gasteiger partial charge < -0.3 is 14.6 Å². The number of imidazole rings is 1. The van der Waals surface area contributed by atoms with Crippen LogP contribution in [-0.2, 0) is 17.9 Å². The number of hydrogen-bond acceptors (Lipinski definition) is 3. The monoisotopic (exact) mass is 357 g/mol. The van der Waals surface area contributed by atoms with Crippen LogP contribution in [0, 0.1) is 0 Å². The number of nitrogens with zero attached hydrogens (tertiary/aromatic N) is 2. The fraction of sp³-hybridized carbons (Fsp3) is 0.263. The normalized spacial score (nSPS) is 11.0. The molecule has 1 N–H and O–H groups in total. The Bertz CT molecular complexity index is 889. The fourth-order valence-electron chi connectivity index (χ4n) is 2.63. The Morgan fingerprint density at radius 3 is 2.68 bits per heavy atom. The van der Waals surface area contributed by atoms with E-state index >= 15 is 0 Å². The standard InChI is InChI=1S/C19H20ClN3O2/c1-13(2)21-19(24)11-23-16-9-5-4-8-15(16)22-18(23)12-25-17-10-6-3-7-14(17)20/h3-10,13H,11-12H2,1-2H3,(H,21,24). The SMILES string of the molecule is CC(C)NC(=O)Cn1c(COc2ccccc2Cl)nc2ccccc21. The maximum absolute atomic E-state index is 12.2. The van der Waals surface area contributed by atoms with Gasteiger partial charge in [0.25, 0.3) is 0 Å². The average molecular weight is 358 g/mol. The Morgan fingerprint density at radius 1 is 1.20 bits per heavy atom. The van der Waals surface area contributed by atoms with Crippen molar-refractivity contribution in [3.05, 3.63) is 59.4 Å². The highest BCUT2D eigenvalue weighted by molar-refractivity contribution is 6.32. The lowest BCUT2D eigenvalue weighted by Gasteiger charge is -2.13. The van der Waals surface area contributed by atoms with Crippen LogP contribution in [0.1, 0.15) is 19.7 Å². The van der Waals surface area contributed by atoms with E-state index in [0.717, 1.165) is 11.0 Å². The number of rotatable bonds is 6. The van der Waals surface area contributed by atoms with Gasteiger partial charge in [0.15, 0.2) is 0 Å². The zero-order chi connectivity index (χ0) is 17.8. The summed E-state index contributed by atoms with van der Waals surface area (Å²) < 4.78 is 7.69. The minimum absolute atomic E-state index is 0.0582. The van der Waals surface area contributed by atoms with Crippen molar-refractivity contribution in [2.45, 2.75) is 33.0 Å². The van der Waals surface area contributed by atoms with Crippen LogP contribution >= 0.6 is 11.6 Å². The minimum atomic E-state index is -0.0582. The summed E-state index contributed by atoms with van der Waals surface area (Å²) in [7, 11) is 0. The predicted octanol–water partition coefficient (Wildman–Crippen LogP) is 3.79. The zero-order valence-corrected chi connectivity index (χ0v) is 15.0. The first-order valence-electron chi connectivity index (χ1n) is 8.15. The lowest BCUT2D eigenvalue weighted by atomic mass is 10.3. The van der Waals surface area contributed by atoms with E-state index in [4.69, 9.17) is 16.3 Å². The van der Waals surface area contributed by atoms with E-state index in [1.54, 1.807) is 12.1 Å². The van der Waals surface area contributed by atoms with Gasteiger partial charge in [-0.1, -0.05) is 35.9 Å². The van der Waals surface area contributed by atoms with Gasteiger partial charge in [-0.2, -0.15) is 0 Å². The van der Waals surface area contributed by atoms with E-state index in [9.17, 15) is 4.79 Å². The first-order valence-corrected chi connectivity index (χ1v) is 8.53. The van der Waals surface area contributed by atoms with Crippen molar-refractivity contribution in [3.63, 3.8) is 0 Å². The lowest BCUT2D eigenvalue weighted by Crippen LogP contribution is -2.33. The number of fused-ring (bicyclic) bond motifs is 1. The van der Waals surface area contributed by atoms with E-state index < -0.39 is 0 Å². The molecule has 0 aliphatic heterocycles. The molecule has 2 aromatic carbocycles. The average Bonchev–Trinajstić information content (AvgIpc) is 2.91. The van der Waals surface area contributed by atoms with Gasteiger partial charge in [-0.15, -0.1) is 0 Å². The molecule has 130 valence electrons. The molecule has 1 aromatic heterocycles. The van der Waals surface area contributed by atoms with Crippen molar-refractivity contribution in [3.8, 4) is 5.75 Å². The number of aromatic nitrogens is 2. The number of hydrogen-bond donors (Lipinski definition) is 1. The van der Waals surface area contributed by atoms with Crippen molar-refractivity contribution in [2.24, 2.45) is 0 Å². The Balaban J connectivity index is 1.87. The second kappa shape index (κ2) is 7.57. The maximum atomic E-state index is 12.2. The maximum Gasteiger partial charge on any atom is 0.240 e. The van der Waals surface area contributed by atoms with Crippen LogP contribution in [0.5, 0.6) is 5.75 Å². The van der Waals surface area contributed by atoms with Crippen molar-refractivity contribution in [1.29, 1.82) is 0 Å². The fourth-order valence-corrected chi connectivity index (χ4v) is 2.82. The van der Waals surface area contributed by atoms with Crippen molar-refractivity contribution >= 4 is 28.5 Å². The molecule has 5 nitrogen and oxygen atoms in total. The molecule has 0 bridgehead atoms. The lowest BCUT2D eigenvalue weighted by molar-refractivity contribution is -0.122. The molecule has 0 atom stereocenters. The van der Waals surface area contributed by atoms with Crippen LogP contribution in [0.4, 0.5) is 0 Å². The van der Waals surface area contributed by atoms with Crippen LogP contribution in [0.2, 0.25) is 5.02 Å². The molecule has 3 rings (SSSR count). The molecule has 0 unspecified atom stereocenters. The van der Waals surface area contributed by atoms with Gasteiger partial charge in [0.1, 0.15) is 24.7 Å². The number of benzene rings is 2. The Morgan fingerprint density at radius 2 is 1.92 bits per heavy atom. The Labute approximate surface area is 151 Å². The van der Waals surface area contributed by atoms with Gasteiger partial charge in [-0.3, -0.25) is 4.79 Å². The van der Waals surface area contributed by atoms with Gasteiger partial charge in [-0.25, -0.2) is 4.98 Å². The third-order valence-electron chi connectivity index (χ3n) is 3.68. The molecule has 0 spiro atoms. The molecule has 25 heavy (non-hydrogen) atoms. The molecule has 1 heterocycles. The molecular weight excluding hydrogens is 338 g/mol. The number of carbonyl (C=O) groups is 1. The quantitative estimate of drug-likeness (QED) is 0.730. The van der Waals surface area contributed by atoms with Crippen LogP contribution in [0.3, 0.4) is 0 Å². The first-order chi connectivity index (χ1) is 12.0. The molecular formula is C19H20ClN3O2. The van der Waals surface area contributed by atoms with Gasteiger partial charge in [0.05, 0.1) is 16.1 Å². The third kappa shape index (κ3) is 4.12. The smallest absolute Gasteiger partial charge is 0.240 e. The van der Waals surface area contributed by atoms with Crippen LogP contribution in [0.15, 0.2) is 48.5 Å². The number of halogens is 1. The van der Waals surface area contributed by atoms with Crippen LogP contribution in [0.25, 0.3) is 11.0 Å². The topological polar surface area (TPSA) is 56.2 Å². The molecule has 0 saturated heterocycles. The summed E-state index contributed by atoms with van der Waals surface area (Å²) in [6.45, 7) is 4.30. The highest BCUT2D eigenvalue weighted by atomic mass is 35.5. The zero-order valence-electron chi connectivity index (χ0n) is 14.2. The largest absolute Gasteiger partial charge is 0.484 e. The van der Waals surface area contributed by atoms with E-state index in [0.29, 0.717) is 16.6 Å². The molecule has 0 saturated carbocycles. The highest BCUT2D eigenvalue weighted by Crippen LogP contribution is 2.25. The Hall–Kier alpha value is -2.53. The van der Waals surface area contributed by atoms with E-state index in [2.05, 4.69) is 10.3 Å². The van der Waals surface area contributed by atoms with Crippen molar-refractivity contribution in [2.75, 3.05) is 0 Å². The summed E-state index contributed by atoms with van der Waals surface area (Å²) in [4.78, 5) is 16.8. The van der Waals surface area contributed by atoms with Crippen LogP contribution < -0.4 is 10.1 Å². The molecule has 3 aromatic rings. The summed E-state index contributed by atoms with van der Waals surface area (Å²) in [5, 5.41) is 3.45. The number of para-hydroxylation sites is 3. The number of nitrogens with one attached hydrogen (secondary N) is 1. The summed E-state index contributed by atoms with van der Waals surface area (Å²) in [5.41, 5.74) is 1.73. The van der Waals surface area contributed by atoms with E-state index in [-0.39, 0.29) is 25.1 Å². The van der Waals surface area contributed by atoms with Crippen LogP contribution in [-0.4, -0.2) is 21.5 Å². The summed E-state index contributed by atoms with van der Waals surface area (Å²) in [5.74, 6) is 1.21. The predicted molar refractivity (Wildman–Crippen MR) is 98.8 cm³/mol. The first kappa shape index (κ1) is 17.3. The summed E-state index contributed by atoms with van der Waals surface area (Å²) in [6, 6.07) is 15.1. The summed E-state index contributed by atoms with van der Waals surface area (Å²) in [6.07, 6.45) is 0. The second-order valence-electron chi connectivity index (χ2n) is 6.04.